The van der Waals surface area contributed by atoms with Crippen molar-refractivity contribution in [2.75, 3.05) is 6.61 Å². The molecular weight excluding hydrogens is 354 g/mol. The first-order valence-electron chi connectivity index (χ1n) is 7.95. The van der Waals surface area contributed by atoms with Crippen LogP contribution < -0.4 is 4.74 Å². The SMILES string of the molecule is N#CCCCOc1cccc(-c2cn[nH]c2-c2cc(Cl)c(O)cc2O)c1. The number of ether oxygens (including phenoxy) is 1. The van der Waals surface area contributed by atoms with E-state index in [0.29, 0.717) is 36.5 Å². The summed E-state index contributed by atoms with van der Waals surface area (Å²) < 4.78 is 5.67. The molecule has 0 aliphatic rings. The van der Waals surface area contributed by atoms with E-state index in [0.717, 1.165) is 11.1 Å². The number of H-pyrrole nitrogens is 1. The molecular formula is C19H16ClN3O3. The van der Waals surface area contributed by atoms with Gasteiger partial charge in [-0.05, 0) is 30.2 Å². The van der Waals surface area contributed by atoms with Crippen molar-refractivity contribution in [3.63, 3.8) is 0 Å². The molecule has 0 amide bonds. The topological polar surface area (TPSA) is 102 Å². The molecule has 0 saturated heterocycles. The van der Waals surface area contributed by atoms with Gasteiger partial charge < -0.3 is 14.9 Å². The van der Waals surface area contributed by atoms with Crippen LogP contribution in [0.5, 0.6) is 17.2 Å². The maximum absolute atomic E-state index is 10.2. The molecule has 3 rings (SSSR count). The van der Waals surface area contributed by atoms with E-state index in [1.54, 1.807) is 6.20 Å². The van der Waals surface area contributed by atoms with Crippen molar-refractivity contribution in [3.05, 3.63) is 47.6 Å². The summed E-state index contributed by atoms with van der Waals surface area (Å²) in [6.45, 7) is 0.462. The molecule has 0 atom stereocenters. The largest absolute Gasteiger partial charge is 0.507 e. The average molecular weight is 370 g/mol. The number of hydrogen-bond acceptors (Lipinski definition) is 5. The summed E-state index contributed by atoms with van der Waals surface area (Å²) in [4.78, 5) is 0. The number of halogens is 1. The lowest BCUT2D eigenvalue weighted by Gasteiger charge is -2.10. The quantitative estimate of drug-likeness (QED) is 0.555. The smallest absolute Gasteiger partial charge is 0.137 e. The number of aromatic hydroxyl groups is 2. The normalized spacial score (nSPS) is 10.5. The van der Waals surface area contributed by atoms with Gasteiger partial charge in [-0.15, -0.1) is 0 Å². The zero-order chi connectivity index (χ0) is 18.5. The lowest BCUT2D eigenvalue weighted by atomic mass is 10.0. The van der Waals surface area contributed by atoms with Gasteiger partial charge in [-0.2, -0.15) is 10.4 Å². The van der Waals surface area contributed by atoms with Gasteiger partial charge in [0.05, 0.1) is 29.6 Å². The Bertz CT molecular complexity index is 963. The fourth-order valence-corrected chi connectivity index (χ4v) is 2.72. The highest BCUT2D eigenvalue weighted by atomic mass is 35.5. The third-order valence-corrected chi connectivity index (χ3v) is 4.12. The first kappa shape index (κ1) is 17.6. The minimum Gasteiger partial charge on any atom is -0.507 e. The monoisotopic (exact) mass is 369 g/mol. The van der Waals surface area contributed by atoms with Crippen molar-refractivity contribution in [2.45, 2.75) is 12.8 Å². The number of rotatable bonds is 6. The van der Waals surface area contributed by atoms with Crippen molar-refractivity contribution < 1.29 is 14.9 Å². The van der Waals surface area contributed by atoms with Crippen LogP contribution in [0.4, 0.5) is 0 Å². The van der Waals surface area contributed by atoms with Crippen LogP contribution in [0, 0.1) is 11.3 Å². The van der Waals surface area contributed by atoms with Gasteiger partial charge in [-0.3, -0.25) is 5.10 Å². The Labute approximate surface area is 155 Å². The van der Waals surface area contributed by atoms with Gasteiger partial charge in [0.1, 0.15) is 17.2 Å². The highest BCUT2D eigenvalue weighted by molar-refractivity contribution is 6.32. The third kappa shape index (κ3) is 3.73. The number of aromatic amines is 1. The molecule has 0 saturated carbocycles. The van der Waals surface area contributed by atoms with Gasteiger partial charge in [0.25, 0.3) is 0 Å². The number of nitrogens with zero attached hydrogens (tertiary/aromatic N) is 2. The minimum absolute atomic E-state index is 0.110. The number of benzene rings is 2. The van der Waals surface area contributed by atoms with Gasteiger partial charge in [-0.25, -0.2) is 0 Å². The summed E-state index contributed by atoms with van der Waals surface area (Å²) >= 11 is 5.97. The summed E-state index contributed by atoms with van der Waals surface area (Å²) in [7, 11) is 0. The highest BCUT2D eigenvalue weighted by Gasteiger charge is 2.16. The number of nitrogens with one attached hydrogen (secondary N) is 1. The molecule has 0 spiro atoms. The summed E-state index contributed by atoms with van der Waals surface area (Å²) in [5, 5.41) is 35.4. The molecule has 0 aliphatic carbocycles. The van der Waals surface area contributed by atoms with E-state index in [-0.39, 0.29) is 16.5 Å². The van der Waals surface area contributed by atoms with Crippen molar-refractivity contribution in [1.29, 1.82) is 5.26 Å². The fourth-order valence-electron chi connectivity index (χ4n) is 2.56. The van der Waals surface area contributed by atoms with Crippen LogP contribution in [0.15, 0.2) is 42.6 Å². The third-order valence-electron chi connectivity index (χ3n) is 3.82. The standard InChI is InChI=1S/C19H16ClN3O3/c20-16-9-14(17(24)10-18(16)25)19-15(11-22-23-19)12-4-3-5-13(8-12)26-7-2-1-6-21/h3-5,8-11,24-25H,1-2,7H2,(H,22,23). The van der Waals surface area contributed by atoms with E-state index in [2.05, 4.69) is 16.3 Å². The predicted octanol–water partition coefficient (Wildman–Crippen LogP) is 4.49. The summed E-state index contributed by atoms with van der Waals surface area (Å²) in [5.74, 6) is 0.378. The zero-order valence-electron chi connectivity index (χ0n) is 13.7. The first-order chi connectivity index (χ1) is 12.6. The second-order valence-corrected chi connectivity index (χ2v) is 6.02. The van der Waals surface area contributed by atoms with Crippen LogP contribution in [0.3, 0.4) is 0 Å². The molecule has 7 heteroatoms. The van der Waals surface area contributed by atoms with Crippen LogP contribution >= 0.6 is 11.6 Å². The number of hydrogen-bond donors (Lipinski definition) is 3. The molecule has 1 aromatic heterocycles. The molecule has 2 aromatic carbocycles. The van der Waals surface area contributed by atoms with Gasteiger partial charge in [0, 0.05) is 23.6 Å². The Balaban J connectivity index is 1.92. The zero-order valence-corrected chi connectivity index (χ0v) is 14.5. The molecule has 6 nitrogen and oxygen atoms in total. The second kappa shape index (κ2) is 7.81. The van der Waals surface area contributed by atoms with Crippen LogP contribution in [0.25, 0.3) is 22.4 Å². The van der Waals surface area contributed by atoms with Gasteiger partial charge in [0.15, 0.2) is 0 Å². The number of nitriles is 1. The Kier molecular flexibility index (Phi) is 5.30. The van der Waals surface area contributed by atoms with E-state index < -0.39 is 0 Å². The molecule has 0 bridgehead atoms. The molecule has 1 heterocycles. The average Bonchev–Trinajstić information content (AvgIpc) is 3.11. The van der Waals surface area contributed by atoms with Crippen molar-refractivity contribution in [3.8, 4) is 45.7 Å². The van der Waals surface area contributed by atoms with Crippen LogP contribution in [-0.2, 0) is 0 Å². The molecule has 0 aliphatic heterocycles. The Morgan fingerprint density at radius 3 is 2.81 bits per heavy atom. The second-order valence-electron chi connectivity index (χ2n) is 5.62. The van der Waals surface area contributed by atoms with Gasteiger partial charge in [0.2, 0.25) is 0 Å². The molecule has 0 radical (unpaired) electrons. The summed E-state index contributed by atoms with van der Waals surface area (Å²) in [6, 6.07) is 12.2. The molecule has 3 aromatic rings. The van der Waals surface area contributed by atoms with Crippen LogP contribution in [0.1, 0.15) is 12.8 Å². The lowest BCUT2D eigenvalue weighted by Crippen LogP contribution is -1.96. The predicted molar refractivity (Wildman–Crippen MR) is 98.1 cm³/mol. The lowest BCUT2D eigenvalue weighted by molar-refractivity contribution is 0.313. The van der Waals surface area contributed by atoms with E-state index in [4.69, 9.17) is 21.6 Å². The van der Waals surface area contributed by atoms with Crippen molar-refractivity contribution >= 4 is 11.6 Å². The number of phenols is 2. The number of unbranched alkanes of at least 4 members (excludes halogenated alkanes) is 1. The molecule has 0 unspecified atom stereocenters. The van der Waals surface area contributed by atoms with Gasteiger partial charge >= 0.3 is 0 Å². The maximum Gasteiger partial charge on any atom is 0.137 e. The summed E-state index contributed by atoms with van der Waals surface area (Å²) in [5.41, 5.74) is 2.60. The van der Waals surface area contributed by atoms with E-state index >= 15 is 0 Å². The van der Waals surface area contributed by atoms with Crippen LogP contribution in [-0.4, -0.2) is 27.0 Å². The Morgan fingerprint density at radius 2 is 2.00 bits per heavy atom. The first-order valence-corrected chi connectivity index (χ1v) is 8.33. The van der Waals surface area contributed by atoms with E-state index in [1.165, 1.54) is 12.1 Å². The van der Waals surface area contributed by atoms with Crippen LogP contribution in [0.2, 0.25) is 5.02 Å². The Hall–Kier alpha value is -3.17. The van der Waals surface area contributed by atoms with E-state index in [9.17, 15) is 10.2 Å². The fraction of sp³-hybridized carbons (Fsp3) is 0.158. The van der Waals surface area contributed by atoms with E-state index in [1.807, 2.05) is 24.3 Å². The van der Waals surface area contributed by atoms with Gasteiger partial charge in [-0.1, -0.05) is 23.7 Å². The number of aromatic nitrogens is 2. The summed E-state index contributed by atoms with van der Waals surface area (Å²) in [6.07, 6.45) is 2.76. The number of phenolic OH excluding ortho intramolecular Hbond substituents is 2. The van der Waals surface area contributed by atoms with Crippen molar-refractivity contribution in [1.82, 2.24) is 10.2 Å². The maximum atomic E-state index is 10.2. The minimum atomic E-state index is -0.193. The molecule has 26 heavy (non-hydrogen) atoms. The molecule has 132 valence electrons. The Morgan fingerprint density at radius 1 is 1.15 bits per heavy atom. The molecule has 3 N–H and O–H groups in total. The van der Waals surface area contributed by atoms with Crippen molar-refractivity contribution in [2.24, 2.45) is 0 Å². The molecule has 0 fully saturated rings. The highest BCUT2D eigenvalue weighted by Crippen LogP contribution is 2.40.